The Morgan fingerprint density at radius 3 is 2.62 bits per heavy atom. The molecule has 2 atom stereocenters. The van der Waals surface area contributed by atoms with Gasteiger partial charge in [0.2, 0.25) is 0 Å². The molecule has 0 spiro atoms. The van der Waals surface area contributed by atoms with Crippen molar-refractivity contribution in [3.63, 3.8) is 0 Å². The molecule has 2 heteroatoms. The van der Waals surface area contributed by atoms with E-state index in [9.17, 15) is 5.11 Å². The summed E-state index contributed by atoms with van der Waals surface area (Å²) in [5, 5.41) is 12.6. The summed E-state index contributed by atoms with van der Waals surface area (Å²) in [7, 11) is 0. The van der Waals surface area contributed by atoms with Gasteiger partial charge in [-0.05, 0) is 12.8 Å². The summed E-state index contributed by atoms with van der Waals surface area (Å²) in [5.41, 5.74) is 0. The number of unbranched alkanes of at least 4 members (excludes halogenated alkanes) is 4. The van der Waals surface area contributed by atoms with E-state index in [1.807, 2.05) is 0 Å². The molecule has 0 radical (unpaired) electrons. The van der Waals surface area contributed by atoms with Crippen molar-refractivity contribution in [3.05, 3.63) is 0 Å². The highest BCUT2D eigenvalue weighted by Crippen LogP contribution is 2.14. The summed E-state index contributed by atoms with van der Waals surface area (Å²) >= 11 is 0. The minimum absolute atomic E-state index is 0.0827. The smallest absolute Gasteiger partial charge is 0.0679 e. The molecule has 78 valence electrons. The van der Waals surface area contributed by atoms with Crippen LogP contribution < -0.4 is 5.32 Å². The van der Waals surface area contributed by atoms with Gasteiger partial charge in [-0.3, -0.25) is 0 Å². The van der Waals surface area contributed by atoms with Crippen LogP contribution in [0.3, 0.4) is 0 Å². The Morgan fingerprint density at radius 2 is 2.00 bits per heavy atom. The first-order valence-corrected chi connectivity index (χ1v) is 5.74. The molecule has 0 aromatic carbocycles. The van der Waals surface area contributed by atoms with Gasteiger partial charge in [0, 0.05) is 12.6 Å². The Kier molecular flexibility index (Phi) is 5.40. The highest BCUT2D eigenvalue weighted by molar-refractivity contribution is 4.80. The molecule has 13 heavy (non-hydrogen) atoms. The van der Waals surface area contributed by atoms with Gasteiger partial charge in [-0.15, -0.1) is 0 Å². The van der Waals surface area contributed by atoms with Crippen molar-refractivity contribution in [1.29, 1.82) is 0 Å². The molecule has 2 N–H and O–H groups in total. The molecule has 2 unspecified atom stereocenters. The maximum absolute atomic E-state index is 9.28. The van der Waals surface area contributed by atoms with E-state index in [1.165, 1.54) is 38.5 Å². The minimum Gasteiger partial charge on any atom is -0.392 e. The van der Waals surface area contributed by atoms with Gasteiger partial charge in [0.1, 0.15) is 0 Å². The first kappa shape index (κ1) is 11.0. The number of hydrogen-bond donors (Lipinski definition) is 2. The fourth-order valence-corrected chi connectivity index (χ4v) is 2.01. The summed E-state index contributed by atoms with van der Waals surface area (Å²) < 4.78 is 0. The van der Waals surface area contributed by atoms with Gasteiger partial charge in [-0.1, -0.05) is 39.0 Å². The highest BCUT2D eigenvalue weighted by atomic mass is 16.3. The third kappa shape index (κ3) is 4.63. The van der Waals surface area contributed by atoms with Crippen LogP contribution in [0.5, 0.6) is 0 Å². The zero-order valence-corrected chi connectivity index (χ0v) is 8.76. The second-order valence-electron chi connectivity index (χ2n) is 4.20. The van der Waals surface area contributed by atoms with Crippen LogP contribution in [0.15, 0.2) is 0 Å². The van der Waals surface area contributed by atoms with Crippen molar-refractivity contribution in [1.82, 2.24) is 5.32 Å². The van der Waals surface area contributed by atoms with E-state index in [0.29, 0.717) is 6.04 Å². The van der Waals surface area contributed by atoms with E-state index in [-0.39, 0.29) is 6.10 Å². The molecule has 1 fully saturated rings. The number of nitrogens with one attached hydrogen (secondary N) is 1. The zero-order valence-electron chi connectivity index (χ0n) is 8.76. The van der Waals surface area contributed by atoms with Gasteiger partial charge in [-0.25, -0.2) is 0 Å². The standard InChI is InChI=1S/C11H23NO/c1-2-3-4-5-6-7-10-8-11(13)9-12-10/h10-13H,2-9H2,1H3. The van der Waals surface area contributed by atoms with Gasteiger partial charge in [0.15, 0.2) is 0 Å². The van der Waals surface area contributed by atoms with Gasteiger partial charge in [-0.2, -0.15) is 0 Å². The largest absolute Gasteiger partial charge is 0.392 e. The Balaban J connectivity index is 1.88. The van der Waals surface area contributed by atoms with Crippen molar-refractivity contribution in [2.75, 3.05) is 6.54 Å². The van der Waals surface area contributed by atoms with Crippen LogP contribution >= 0.6 is 0 Å². The quantitative estimate of drug-likeness (QED) is 0.621. The van der Waals surface area contributed by atoms with Crippen LogP contribution in [0, 0.1) is 0 Å². The third-order valence-corrected chi connectivity index (χ3v) is 2.85. The van der Waals surface area contributed by atoms with Crippen molar-refractivity contribution >= 4 is 0 Å². The number of rotatable bonds is 6. The van der Waals surface area contributed by atoms with Crippen LogP contribution in [0.4, 0.5) is 0 Å². The average Bonchev–Trinajstić information content (AvgIpc) is 2.51. The maximum atomic E-state index is 9.28. The van der Waals surface area contributed by atoms with Crippen LogP contribution in [-0.2, 0) is 0 Å². The van der Waals surface area contributed by atoms with Crippen LogP contribution in [0.1, 0.15) is 51.9 Å². The van der Waals surface area contributed by atoms with Crippen LogP contribution in [-0.4, -0.2) is 23.8 Å². The molecule has 1 heterocycles. The van der Waals surface area contributed by atoms with E-state index in [2.05, 4.69) is 12.2 Å². The number of hydrogen-bond acceptors (Lipinski definition) is 2. The topological polar surface area (TPSA) is 32.3 Å². The molecule has 1 aliphatic rings. The maximum Gasteiger partial charge on any atom is 0.0679 e. The molecule has 0 amide bonds. The number of β-amino-alcohol motifs (C(OH)–C–C–N with tert-alkyl or cyclic N) is 1. The van der Waals surface area contributed by atoms with Crippen LogP contribution in [0.2, 0.25) is 0 Å². The van der Waals surface area contributed by atoms with E-state index in [1.54, 1.807) is 0 Å². The Labute approximate surface area is 81.7 Å². The molecular formula is C11H23NO. The molecule has 0 aliphatic carbocycles. The monoisotopic (exact) mass is 185 g/mol. The molecular weight excluding hydrogens is 162 g/mol. The lowest BCUT2D eigenvalue weighted by atomic mass is 10.0. The van der Waals surface area contributed by atoms with Crippen LogP contribution in [0.25, 0.3) is 0 Å². The molecule has 0 aromatic rings. The Bertz CT molecular complexity index is 127. The van der Waals surface area contributed by atoms with Crippen molar-refractivity contribution in [3.8, 4) is 0 Å². The second-order valence-corrected chi connectivity index (χ2v) is 4.20. The lowest BCUT2D eigenvalue weighted by molar-refractivity contribution is 0.192. The average molecular weight is 185 g/mol. The minimum atomic E-state index is -0.0827. The molecule has 1 rings (SSSR count). The summed E-state index contributed by atoms with van der Waals surface area (Å²) in [6.45, 7) is 3.05. The second kappa shape index (κ2) is 6.39. The third-order valence-electron chi connectivity index (χ3n) is 2.85. The lowest BCUT2D eigenvalue weighted by Gasteiger charge is -2.08. The molecule has 0 aromatic heterocycles. The zero-order chi connectivity index (χ0) is 9.52. The fraction of sp³-hybridized carbons (Fsp3) is 1.00. The fourth-order valence-electron chi connectivity index (χ4n) is 2.01. The van der Waals surface area contributed by atoms with Gasteiger partial charge >= 0.3 is 0 Å². The van der Waals surface area contributed by atoms with E-state index >= 15 is 0 Å². The first-order chi connectivity index (χ1) is 6.33. The van der Waals surface area contributed by atoms with E-state index < -0.39 is 0 Å². The SMILES string of the molecule is CCCCCCCC1CC(O)CN1. The summed E-state index contributed by atoms with van der Waals surface area (Å²) in [6, 6.07) is 0.594. The molecule has 1 aliphatic heterocycles. The first-order valence-electron chi connectivity index (χ1n) is 5.74. The summed E-state index contributed by atoms with van der Waals surface area (Å²) in [5.74, 6) is 0. The predicted molar refractivity (Wildman–Crippen MR) is 55.8 cm³/mol. The molecule has 0 saturated carbocycles. The molecule has 2 nitrogen and oxygen atoms in total. The predicted octanol–water partition coefficient (Wildman–Crippen LogP) is 2.07. The van der Waals surface area contributed by atoms with Crippen molar-refractivity contribution in [2.45, 2.75) is 64.0 Å². The number of aliphatic hydroxyl groups is 1. The Hall–Kier alpha value is -0.0800. The van der Waals surface area contributed by atoms with Gasteiger partial charge < -0.3 is 10.4 Å². The number of aliphatic hydroxyl groups excluding tert-OH is 1. The summed E-state index contributed by atoms with van der Waals surface area (Å²) in [4.78, 5) is 0. The van der Waals surface area contributed by atoms with E-state index in [0.717, 1.165) is 13.0 Å². The van der Waals surface area contributed by atoms with E-state index in [4.69, 9.17) is 0 Å². The van der Waals surface area contributed by atoms with Gasteiger partial charge in [0.05, 0.1) is 6.10 Å². The lowest BCUT2D eigenvalue weighted by Crippen LogP contribution is -2.21. The van der Waals surface area contributed by atoms with Gasteiger partial charge in [0.25, 0.3) is 0 Å². The normalized spacial score (nSPS) is 28.2. The molecule has 0 bridgehead atoms. The van der Waals surface area contributed by atoms with Crippen molar-refractivity contribution < 1.29 is 5.11 Å². The highest BCUT2D eigenvalue weighted by Gasteiger charge is 2.20. The molecule has 1 saturated heterocycles. The Morgan fingerprint density at radius 1 is 1.23 bits per heavy atom. The van der Waals surface area contributed by atoms with Crippen molar-refractivity contribution in [2.24, 2.45) is 0 Å². The summed E-state index contributed by atoms with van der Waals surface area (Å²) in [6.07, 6.45) is 8.90.